The van der Waals surface area contributed by atoms with E-state index in [1.165, 1.54) is 0 Å². The highest BCUT2D eigenvalue weighted by Crippen LogP contribution is 2.31. The van der Waals surface area contributed by atoms with Crippen molar-refractivity contribution in [2.24, 2.45) is 0 Å². The third-order valence-electron chi connectivity index (χ3n) is 4.00. The van der Waals surface area contributed by atoms with Crippen LogP contribution in [0.1, 0.15) is 42.0 Å². The topological polar surface area (TPSA) is 80.6 Å². The smallest absolute Gasteiger partial charge is 0.354 e. The van der Waals surface area contributed by atoms with Gasteiger partial charge in [0, 0.05) is 11.1 Å². The zero-order valence-electron chi connectivity index (χ0n) is 14.4. The number of phenols is 1. The lowest BCUT2D eigenvalue weighted by Crippen LogP contribution is -2.15. The Morgan fingerprint density at radius 2 is 1.96 bits per heavy atom. The van der Waals surface area contributed by atoms with Crippen molar-refractivity contribution in [1.29, 1.82) is 0 Å². The first-order valence-electron chi connectivity index (χ1n) is 7.90. The van der Waals surface area contributed by atoms with Crippen molar-refractivity contribution < 1.29 is 19.6 Å². The molecule has 2 aromatic rings. The molecule has 0 aromatic heterocycles. The molecule has 2 aromatic carbocycles. The van der Waals surface area contributed by atoms with Crippen molar-refractivity contribution in [3.8, 4) is 5.75 Å². The molecule has 1 atom stereocenters. The van der Waals surface area contributed by atoms with Crippen LogP contribution >= 0.6 is 11.6 Å². The van der Waals surface area contributed by atoms with E-state index in [0.717, 1.165) is 22.3 Å². The minimum absolute atomic E-state index is 0.206. The zero-order valence-corrected chi connectivity index (χ0v) is 15.9. The third-order valence-corrected chi connectivity index (χ3v) is 5.61. The largest absolute Gasteiger partial charge is 0.611 e. The second-order valence-corrected chi connectivity index (χ2v) is 8.17. The Labute approximate surface area is 155 Å². The van der Waals surface area contributed by atoms with E-state index in [2.05, 4.69) is 0 Å². The van der Waals surface area contributed by atoms with Crippen LogP contribution in [0.2, 0.25) is 5.02 Å². The lowest BCUT2D eigenvalue weighted by molar-refractivity contribution is -0.134. The Hall–Kier alpha value is -1.69. The molecule has 0 aliphatic carbocycles. The highest BCUT2D eigenvalue weighted by molar-refractivity contribution is 7.92. The maximum absolute atomic E-state index is 12.0. The zero-order chi connectivity index (χ0) is 18.7. The minimum Gasteiger partial charge on any atom is -0.611 e. The van der Waals surface area contributed by atoms with Crippen LogP contribution in [0, 0.1) is 6.92 Å². The van der Waals surface area contributed by atoms with E-state index in [4.69, 9.17) is 16.7 Å². The number of aryl methyl sites for hydroxylation is 1. The van der Waals surface area contributed by atoms with E-state index in [-0.39, 0.29) is 11.7 Å². The lowest BCUT2D eigenvalue weighted by atomic mass is 9.95. The molecule has 4 nitrogen and oxygen atoms in total. The third kappa shape index (κ3) is 4.91. The molecule has 0 aliphatic heterocycles. The molecular formula is C19H21ClO4S. The number of aromatic hydroxyl groups is 1. The van der Waals surface area contributed by atoms with E-state index < -0.39 is 22.9 Å². The molecule has 1 unspecified atom stereocenters. The van der Waals surface area contributed by atoms with Gasteiger partial charge in [-0.25, -0.2) is 4.79 Å². The van der Waals surface area contributed by atoms with Gasteiger partial charge in [0.25, 0.3) is 0 Å². The van der Waals surface area contributed by atoms with Crippen molar-refractivity contribution in [1.82, 2.24) is 0 Å². The molecular weight excluding hydrogens is 360 g/mol. The molecule has 2 rings (SSSR count). The minimum atomic E-state index is -1.62. The summed E-state index contributed by atoms with van der Waals surface area (Å²) in [5.74, 6) is -1.06. The van der Waals surface area contributed by atoms with Gasteiger partial charge in [-0.15, -0.1) is 0 Å². The first-order valence-corrected chi connectivity index (χ1v) is 9.59. The van der Waals surface area contributed by atoms with E-state index in [9.17, 15) is 14.5 Å². The van der Waals surface area contributed by atoms with E-state index >= 15 is 0 Å². The van der Waals surface area contributed by atoms with Crippen LogP contribution in [0.4, 0.5) is 0 Å². The highest BCUT2D eigenvalue weighted by Gasteiger charge is 2.19. The molecule has 0 spiro atoms. The van der Waals surface area contributed by atoms with Gasteiger partial charge in [0.05, 0.1) is 0 Å². The van der Waals surface area contributed by atoms with E-state index in [0.29, 0.717) is 16.3 Å². The molecule has 2 N–H and O–H groups in total. The molecule has 25 heavy (non-hydrogen) atoms. The standard InChI is InChI=1S/C19H21ClO4S/c1-11(2)15-7-13(4-5-18(15)21)8-16-12(3)6-14(9-17(16)20)25(24)10-19(22)23/h4-7,9,11,21H,8,10H2,1-3H3,(H,22,23). The number of benzene rings is 2. The van der Waals surface area contributed by atoms with Gasteiger partial charge >= 0.3 is 5.97 Å². The average Bonchev–Trinajstić information content (AvgIpc) is 2.51. The van der Waals surface area contributed by atoms with Crippen molar-refractivity contribution in [2.75, 3.05) is 5.75 Å². The number of hydrogen-bond donors (Lipinski definition) is 2. The number of halogens is 1. The van der Waals surface area contributed by atoms with Crippen molar-refractivity contribution in [2.45, 2.75) is 38.0 Å². The fraction of sp³-hybridized carbons (Fsp3) is 0.316. The van der Waals surface area contributed by atoms with Crippen LogP contribution < -0.4 is 0 Å². The Morgan fingerprint density at radius 1 is 1.28 bits per heavy atom. The average molecular weight is 381 g/mol. The molecule has 0 saturated carbocycles. The van der Waals surface area contributed by atoms with Crippen molar-refractivity contribution >= 4 is 28.7 Å². The molecule has 0 bridgehead atoms. The van der Waals surface area contributed by atoms with E-state index in [1.807, 2.05) is 32.9 Å². The van der Waals surface area contributed by atoms with Crippen molar-refractivity contribution in [3.05, 3.63) is 57.6 Å². The highest BCUT2D eigenvalue weighted by atomic mass is 35.5. The second kappa shape index (κ2) is 8.13. The first kappa shape index (κ1) is 19.6. The summed E-state index contributed by atoms with van der Waals surface area (Å²) in [7, 11) is 0. The van der Waals surface area contributed by atoms with Gasteiger partial charge in [-0.1, -0.05) is 37.6 Å². The maximum atomic E-state index is 12.0. The molecule has 0 heterocycles. The van der Waals surface area contributed by atoms with Crippen LogP contribution in [0.3, 0.4) is 0 Å². The molecule has 0 saturated heterocycles. The predicted molar refractivity (Wildman–Crippen MR) is 100 cm³/mol. The number of carboxylic acid groups (broad SMARTS) is 1. The molecule has 0 aliphatic rings. The number of phenolic OH excluding ortho intramolecular Hbond substituents is 1. The number of carbonyl (C=O) groups is 1. The fourth-order valence-electron chi connectivity index (χ4n) is 2.67. The Kier molecular flexibility index (Phi) is 6.38. The van der Waals surface area contributed by atoms with Gasteiger partial charge < -0.3 is 14.8 Å². The SMILES string of the molecule is Cc1cc([S+]([O-])CC(=O)O)cc(Cl)c1Cc1ccc(O)c(C(C)C)c1. The number of rotatable bonds is 6. The summed E-state index contributed by atoms with van der Waals surface area (Å²) in [4.78, 5) is 11.1. The molecule has 0 fully saturated rings. The summed E-state index contributed by atoms with van der Waals surface area (Å²) in [6.07, 6.45) is 0.580. The Morgan fingerprint density at radius 3 is 2.52 bits per heavy atom. The fourth-order valence-corrected chi connectivity index (χ4v) is 4.02. The van der Waals surface area contributed by atoms with Crippen LogP contribution in [0.25, 0.3) is 0 Å². The molecule has 0 amide bonds. The van der Waals surface area contributed by atoms with Gasteiger partial charge in [0.1, 0.15) is 5.75 Å². The van der Waals surface area contributed by atoms with E-state index in [1.54, 1.807) is 18.2 Å². The van der Waals surface area contributed by atoms with Gasteiger partial charge in [-0.05, 0) is 64.8 Å². The summed E-state index contributed by atoms with van der Waals surface area (Å²) < 4.78 is 12.0. The second-order valence-electron chi connectivity index (χ2n) is 6.31. The van der Waals surface area contributed by atoms with Crippen LogP contribution in [0.15, 0.2) is 35.2 Å². The Bertz CT molecular complexity index is 766. The summed E-state index contributed by atoms with van der Waals surface area (Å²) >= 11 is 4.75. The molecule has 6 heteroatoms. The summed E-state index contributed by atoms with van der Waals surface area (Å²) in [5.41, 5.74) is 3.66. The quantitative estimate of drug-likeness (QED) is 0.733. The van der Waals surface area contributed by atoms with Gasteiger partial charge in [0.2, 0.25) is 5.75 Å². The number of aliphatic carboxylic acids is 1. The molecule has 134 valence electrons. The van der Waals surface area contributed by atoms with Crippen LogP contribution in [0.5, 0.6) is 5.75 Å². The Balaban J connectivity index is 2.32. The van der Waals surface area contributed by atoms with Gasteiger partial charge in [-0.2, -0.15) is 0 Å². The summed E-state index contributed by atoms with van der Waals surface area (Å²) in [6.45, 7) is 5.90. The van der Waals surface area contributed by atoms with Gasteiger partial charge in [-0.3, -0.25) is 0 Å². The first-order chi connectivity index (χ1) is 11.7. The maximum Gasteiger partial charge on any atom is 0.354 e. The summed E-state index contributed by atoms with van der Waals surface area (Å²) in [6, 6.07) is 8.81. The summed E-state index contributed by atoms with van der Waals surface area (Å²) in [5, 5.41) is 19.2. The number of hydrogen-bond acceptors (Lipinski definition) is 3. The molecule has 0 radical (unpaired) electrons. The number of carboxylic acids is 1. The predicted octanol–water partition coefficient (Wildman–Crippen LogP) is 4.26. The normalized spacial score (nSPS) is 12.4. The lowest BCUT2D eigenvalue weighted by Gasteiger charge is -2.15. The monoisotopic (exact) mass is 380 g/mol. The van der Waals surface area contributed by atoms with Crippen molar-refractivity contribution in [3.63, 3.8) is 0 Å². The van der Waals surface area contributed by atoms with Gasteiger partial charge in [0.15, 0.2) is 4.90 Å². The van der Waals surface area contributed by atoms with Crippen LogP contribution in [-0.2, 0) is 22.4 Å². The van der Waals surface area contributed by atoms with Crippen LogP contribution in [-0.4, -0.2) is 26.5 Å².